The van der Waals surface area contributed by atoms with Crippen LogP contribution < -0.4 is 21.3 Å². The Bertz CT molecular complexity index is 871. The van der Waals surface area contributed by atoms with Crippen molar-refractivity contribution in [1.82, 2.24) is 4.90 Å². The second kappa shape index (κ2) is 10.0. The molecular formula is C19H22ClN5O2S. The molecule has 2 rings (SSSR count). The smallest absolute Gasteiger partial charge is 0.238 e. The molecule has 2 aromatic carbocycles. The van der Waals surface area contributed by atoms with Crippen LogP contribution in [0.4, 0.5) is 22.7 Å². The Morgan fingerprint density at radius 2 is 1.46 bits per heavy atom. The molecule has 2 aromatic rings. The number of benzene rings is 2. The molecule has 148 valence electrons. The fourth-order valence-electron chi connectivity index (χ4n) is 2.30. The van der Waals surface area contributed by atoms with Crippen LogP contribution in [0.2, 0.25) is 5.02 Å². The van der Waals surface area contributed by atoms with E-state index in [1.807, 2.05) is 14.1 Å². The molecule has 0 bridgehead atoms. The summed E-state index contributed by atoms with van der Waals surface area (Å²) in [4.78, 5) is 24.7. The van der Waals surface area contributed by atoms with Gasteiger partial charge in [-0.3, -0.25) is 9.59 Å². The molecule has 0 atom stereocenters. The molecule has 0 spiro atoms. The van der Waals surface area contributed by atoms with Crippen molar-refractivity contribution in [3.8, 4) is 0 Å². The number of likely N-dealkylation sites (N-methyl/N-ethyl adjacent to an activating group) is 1. The number of anilines is 4. The van der Waals surface area contributed by atoms with Crippen molar-refractivity contribution < 1.29 is 9.59 Å². The lowest BCUT2D eigenvalue weighted by atomic mass is 10.2. The highest BCUT2D eigenvalue weighted by Crippen LogP contribution is 2.25. The third-order valence-corrected chi connectivity index (χ3v) is 3.94. The number of hydrogen-bond acceptors (Lipinski definition) is 4. The largest absolute Gasteiger partial charge is 0.332 e. The number of nitrogens with one attached hydrogen (secondary N) is 4. The molecule has 7 nitrogen and oxygen atoms in total. The molecule has 0 aliphatic rings. The molecular weight excluding hydrogens is 398 g/mol. The van der Waals surface area contributed by atoms with Crippen LogP contribution in [-0.4, -0.2) is 42.5 Å². The summed E-state index contributed by atoms with van der Waals surface area (Å²) in [5.41, 5.74) is 2.69. The maximum Gasteiger partial charge on any atom is 0.238 e. The van der Waals surface area contributed by atoms with E-state index in [1.165, 1.54) is 6.92 Å². The number of halogens is 1. The Kier molecular flexibility index (Phi) is 7.74. The molecule has 0 aromatic heterocycles. The summed E-state index contributed by atoms with van der Waals surface area (Å²) in [6, 6.07) is 12.3. The number of nitrogens with zero attached hydrogens (tertiary/aromatic N) is 1. The van der Waals surface area contributed by atoms with Crippen molar-refractivity contribution in [3.63, 3.8) is 0 Å². The molecule has 9 heteroatoms. The van der Waals surface area contributed by atoms with Crippen LogP contribution >= 0.6 is 23.8 Å². The number of hydrogen-bond donors (Lipinski definition) is 4. The van der Waals surface area contributed by atoms with E-state index in [0.29, 0.717) is 27.2 Å². The fraction of sp³-hybridized carbons (Fsp3) is 0.211. The van der Waals surface area contributed by atoms with Gasteiger partial charge in [-0.15, -0.1) is 0 Å². The first-order chi connectivity index (χ1) is 13.2. The van der Waals surface area contributed by atoms with Crippen LogP contribution in [0.3, 0.4) is 0 Å². The third-order valence-electron chi connectivity index (χ3n) is 3.42. The van der Waals surface area contributed by atoms with Crippen molar-refractivity contribution >= 4 is 63.5 Å². The van der Waals surface area contributed by atoms with Gasteiger partial charge in [-0.25, -0.2) is 0 Å². The number of amides is 2. The summed E-state index contributed by atoms with van der Waals surface area (Å²) in [5, 5.41) is 12.3. The van der Waals surface area contributed by atoms with E-state index < -0.39 is 0 Å². The predicted molar refractivity (Wildman–Crippen MR) is 119 cm³/mol. The van der Waals surface area contributed by atoms with Gasteiger partial charge in [0.1, 0.15) is 0 Å². The van der Waals surface area contributed by atoms with Crippen molar-refractivity contribution in [2.75, 3.05) is 41.9 Å². The van der Waals surface area contributed by atoms with Gasteiger partial charge in [0.15, 0.2) is 5.11 Å². The first kappa shape index (κ1) is 21.6. The van der Waals surface area contributed by atoms with Crippen LogP contribution in [0.25, 0.3) is 0 Å². The zero-order valence-electron chi connectivity index (χ0n) is 15.8. The summed E-state index contributed by atoms with van der Waals surface area (Å²) in [7, 11) is 3.63. The summed E-state index contributed by atoms with van der Waals surface area (Å²) in [6.45, 7) is 1.72. The molecule has 28 heavy (non-hydrogen) atoms. The normalized spacial score (nSPS) is 10.3. The zero-order chi connectivity index (χ0) is 20.7. The highest BCUT2D eigenvalue weighted by atomic mass is 35.5. The van der Waals surface area contributed by atoms with Crippen LogP contribution in [-0.2, 0) is 9.59 Å². The van der Waals surface area contributed by atoms with Gasteiger partial charge in [0, 0.05) is 24.0 Å². The Balaban J connectivity index is 1.94. The average molecular weight is 420 g/mol. The van der Waals surface area contributed by atoms with Gasteiger partial charge in [0.2, 0.25) is 11.8 Å². The number of thiocarbonyl (C=S) groups is 1. The first-order valence-corrected chi connectivity index (χ1v) is 9.21. The van der Waals surface area contributed by atoms with E-state index >= 15 is 0 Å². The molecule has 0 aliphatic heterocycles. The second-order valence-corrected chi connectivity index (χ2v) is 7.13. The summed E-state index contributed by atoms with van der Waals surface area (Å²) in [5.74, 6) is -0.274. The van der Waals surface area contributed by atoms with Crippen molar-refractivity contribution in [2.45, 2.75) is 6.92 Å². The van der Waals surface area contributed by atoms with Gasteiger partial charge < -0.3 is 26.2 Å². The van der Waals surface area contributed by atoms with Gasteiger partial charge in [0.05, 0.1) is 17.3 Å². The summed E-state index contributed by atoms with van der Waals surface area (Å²) < 4.78 is 0. The van der Waals surface area contributed by atoms with E-state index in [4.69, 9.17) is 23.8 Å². The minimum atomic E-state index is -0.146. The Morgan fingerprint density at radius 1 is 0.929 bits per heavy atom. The molecule has 0 radical (unpaired) electrons. The quantitative estimate of drug-likeness (QED) is 0.535. The Morgan fingerprint density at radius 3 is 2.00 bits per heavy atom. The van der Waals surface area contributed by atoms with Crippen molar-refractivity contribution in [3.05, 3.63) is 47.5 Å². The Labute approximate surface area is 174 Å². The number of carbonyl (C=O) groups is 2. The summed E-state index contributed by atoms with van der Waals surface area (Å²) in [6.07, 6.45) is 0. The lowest BCUT2D eigenvalue weighted by molar-refractivity contribution is -0.117. The van der Waals surface area contributed by atoms with Crippen LogP contribution in [0.1, 0.15) is 6.92 Å². The highest BCUT2D eigenvalue weighted by molar-refractivity contribution is 7.80. The first-order valence-electron chi connectivity index (χ1n) is 8.42. The van der Waals surface area contributed by atoms with Gasteiger partial charge in [0.25, 0.3) is 0 Å². The van der Waals surface area contributed by atoms with Gasteiger partial charge >= 0.3 is 0 Å². The van der Waals surface area contributed by atoms with Gasteiger partial charge in [-0.1, -0.05) is 11.6 Å². The molecule has 0 heterocycles. The maximum atomic E-state index is 11.8. The van der Waals surface area contributed by atoms with E-state index in [1.54, 1.807) is 47.4 Å². The SMILES string of the molecule is CC(=O)Nc1ccc(NC(=S)Nc2ccc(NC(=O)CN(C)C)c(Cl)c2)cc1. The maximum absolute atomic E-state index is 11.8. The third kappa shape index (κ3) is 7.15. The molecule has 0 saturated heterocycles. The van der Waals surface area contributed by atoms with E-state index in [2.05, 4.69) is 21.3 Å². The molecule has 2 amide bonds. The minimum Gasteiger partial charge on any atom is -0.332 e. The van der Waals surface area contributed by atoms with Crippen LogP contribution in [0.15, 0.2) is 42.5 Å². The number of carbonyl (C=O) groups excluding carboxylic acids is 2. The lowest BCUT2D eigenvalue weighted by Gasteiger charge is -2.14. The van der Waals surface area contributed by atoms with E-state index in [0.717, 1.165) is 5.69 Å². The van der Waals surface area contributed by atoms with Crippen LogP contribution in [0.5, 0.6) is 0 Å². The molecule has 0 unspecified atom stereocenters. The zero-order valence-corrected chi connectivity index (χ0v) is 17.4. The second-order valence-electron chi connectivity index (χ2n) is 6.32. The molecule has 0 fully saturated rings. The minimum absolute atomic E-state index is 0.129. The number of rotatable bonds is 6. The Hall–Kier alpha value is -2.68. The molecule has 4 N–H and O–H groups in total. The summed E-state index contributed by atoms with van der Waals surface area (Å²) >= 11 is 11.6. The van der Waals surface area contributed by atoms with Gasteiger partial charge in [-0.2, -0.15) is 0 Å². The van der Waals surface area contributed by atoms with Gasteiger partial charge in [-0.05, 0) is 68.8 Å². The predicted octanol–water partition coefficient (Wildman–Crippen LogP) is 3.61. The van der Waals surface area contributed by atoms with E-state index in [-0.39, 0.29) is 18.4 Å². The lowest BCUT2D eigenvalue weighted by Crippen LogP contribution is -2.27. The fourth-order valence-corrected chi connectivity index (χ4v) is 2.77. The monoisotopic (exact) mass is 419 g/mol. The molecule has 0 saturated carbocycles. The molecule has 0 aliphatic carbocycles. The standard InChI is InChI=1S/C19H22ClN5O2S/c1-12(26)21-13-4-6-14(7-5-13)22-19(28)23-15-8-9-17(16(20)10-15)24-18(27)11-25(2)3/h4-10H,11H2,1-3H3,(H,21,26)(H,24,27)(H2,22,23,28). The topological polar surface area (TPSA) is 85.5 Å². The van der Waals surface area contributed by atoms with Crippen molar-refractivity contribution in [1.29, 1.82) is 0 Å². The van der Waals surface area contributed by atoms with E-state index in [9.17, 15) is 9.59 Å². The average Bonchev–Trinajstić information content (AvgIpc) is 2.58. The highest BCUT2D eigenvalue weighted by Gasteiger charge is 2.08. The van der Waals surface area contributed by atoms with Crippen LogP contribution in [0, 0.1) is 0 Å². The van der Waals surface area contributed by atoms with Crippen molar-refractivity contribution in [2.24, 2.45) is 0 Å².